The first kappa shape index (κ1) is 20.5. The van der Waals surface area contributed by atoms with Gasteiger partial charge in [-0.25, -0.2) is 9.59 Å². The first-order valence-corrected chi connectivity index (χ1v) is 10.7. The lowest BCUT2D eigenvalue weighted by Gasteiger charge is -2.27. The van der Waals surface area contributed by atoms with E-state index in [0.29, 0.717) is 12.8 Å². The second-order valence-electron chi connectivity index (χ2n) is 8.73. The monoisotopic (exact) mass is 436 g/mol. The third kappa shape index (κ3) is 3.40. The largest absolute Gasteiger partial charge is 0.480 e. The van der Waals surface area contributed by atoms with E-state index in [4.69, 9.17) is 4.74 Å². The molecular formula is C24H24N2O6. The third-order valence-electron chi connectivity index (χ3n) is 6.67. The molecule has 0 aromatic heterocycles. The minimum Gasteiger partial charge on any atom is -0.480 e. The summed E-state index contributed by atoms with van der Waals surface area (Å²) in [6, 6.07) is 14.9. The van der Waals surface area contributed by atoms with Gasteiger partial charge in [-0.15, -0.1) is 0 Å². The molecule has 32 heavy (non-hydrogen) atoms. The number of fused-ring (bicyclic) bond motifs is 3. The maximum Gasteiger partial charge on any atom is 0.408 e. The van der Waals surface area contributed by atoms with Crippen LogP contribution >= 0.6 is 0 Å². The zero-order valence-corrected chi connectivity index (χ0v) is 17.4. The Balaban J connectivity index is 1.26. The zero-order valence-electron chi connectivity index (χ0n) is 17.4. The number of aliphatic hydroxyl groups excluding tert-OH is 1. The number of hydrogen-bond acceptors (Lipinski definition) is 5. The molecule has 8 heteroatoms. The molecule has 1 heterocycles. The van der Waals surface area contributed by atoms with Crippen molar-refractivity contribution in [3.63, 3.8) is 0 Å². The van der Waals surface area contributed by atoms with Gasteiger partial charge in [0.05, 0.1) is 6.10 Å². The van der Waals surface area contributed by atoms with Gasteiger partial charge in [0.2, 0.25) is 5.91 Å². The molecule has 2 amide bonds. The van der Waals surface area contributed by atoms with Gasteiger partial charge in [-0.3, -0.25) is 4.79 Å². The van der Waals surface area contributed by atoms with Gasteiger partial charge in [0.1, 0.15) is 18.2 Å². The van der Waals surface area contributed by atoms with Gasteiger partial charge < -0.3 is 25.2 Å². The van der Waals surface area contributed by atoms with E-state index in [9.17, 15) is 24.6 Å². The fourth-order valence-electron chi connectivity index (χ4n) is 4.89. The Labute approximate surface area is 184 Å². The number of carboxylic acid groups (broad SMARTS) is 1. The summed E-state index contributed by atoms with van der Waals surface area (Å²) in [5.41, 5.74) is 3.28. The first-order chi connectivity index (χ1) is 15.4. The van der Waals surface area contributed by atoms with Crippen LogP contribution in [0.2, 0.25) is 0 Å². The molecule has 0 radical (unpaired) electrons. The number of aliphatic carboxylic acids is 1. The molecule has 2 unspecified atom stereocenters. The number of nitrogens with one attached hydrogen (secondary N) is 1. The fourth-order valence-corrected chi connectivity index (χ4v) is 4.89. The van der Waals surface area contributed by atoms with Gasteiger partial charge >= 0.3 is 12.1 Å². The second kappa shape index (κ2) is 7.63. The summed E-state index contributed by atoms with van der Waals surface area (Å²) in [5, 5.41) is 21.9. The number of rotatable bonds is 5. The number of benzene rings is 2. The molecule has 2 aromatic rings. The van der Waals surface area contributed by atoms with Gasteiger partial charge in [0.15, 0.2) is 0 Å². The number of likely N-dealkylation sites (tertiary alicyclic amines) is 1. The summed E-state index contributed by atoms with van der Waals surface area (Å²) in [4.78, 5) is 38.2. The van der Waals surface area contributed by atoms with Crippen LogP contribution in [-0.2, 0) is 14.3 Å². The molecule has 5 rings (SSSR count). The number of hydrogen-bond donors (Lipinski definition) is 3. The van der Waals surface area contributed by atoms with Crippen LogP contribution in [0.15, 0.2) is 48.5 Å². The molecule has 3 aliphatic rings. The Morgan fingerprint density at radius 3 is 2.19 bits per heavy atom. The Bertz CT molecular complexity index is 1050. The van der Waals surface area contributed by atoms with E-state index in [1.165, 1.54) is 0 Å². The maximum atomic E-state index is 13.0. The molecule has 1 aliphatic heterocycles. The van der Waals surface area contributed by atoms with Crippen molar-refractivity contribution in [2.24, 2.45) is 0 Å². The van der Waals surface area contributed by atoms with E-state index in [-0.39, 0.29) is 25.5 Å². The smallest absolute Gasteiger partial charge is 0.408 e. The van der Waals surface area contributed by atoms with Crippen molar-refractivity contribution in [1.82, 2.24) is 10.2 Å². The zero-order chi connectivity index (χ0) is 22.5. The van der Waals surface area contributed by atoms with Gasteiger partial charge in [-0.1, -0.05) is 48.5 Å². The summed E-state index contributed by atoms with van der Waals surface area (Å²) >= 11 is 0. The Kier molecular flexibility index (Phi) is 4.89. The molecule has 2 aromatic carbocycles. The van der Waals surface area contributed by atoms with E-state index >= 15 is 0 Å². The molecule has 1 saturated heterocycles. The number of nitrogens with zero attached hydrogens (tertiary/aromatic N) is 1. The van der Waals surface area contributed by atoms with Crippen LogP contribution in [-0.4, -0.2) is 63.9 Å². The SMILES string of the molecule is O=C(NC1(C(=O)N2CC(O)CC2C(=O)O)CC1)OCC1c2ccccc2-c2ccccc21. The molecular weight excluding hydrogens is 412 g/mol. The van der Waals surface area contributed by atoms with Crippen molar-refractivity contribution in [3.05, 3.63) is 59.7 Å². The number of ether oxygens (including phenoxy) is 1. The van der Waals surface area contributed by atoms with Crippen LogP contribution < -0.4 is 5.32 Å². The highest BCUT2D eigenvalue weighted by Crippen LogP contribution is 2.44. The van der Waals surface area contributed by atoms with E-state index in [2.05, 4.69) is 17.4 Å². The number of carboxylic acids is 1. The van der Waals surface area contributed by atoms with Crippen LogP contribution in [0, 0.1) is 0 Å². The van der Waals surface area contributed by atoms with E-state index in [0.717, 1.165) is 27.2 Å². The normalized spacial score (nSPS) is 22.7. The summed E-state index contributed by atoms with van der Waals surface area (Å²) < 4.78 is 5.54. The lowest BCUT2D eigenvalue weighted by atomic mass is 9.98. The van der Waals surface area contributed by atoms with Crippen LogP contribution in [0.4, 0.5) is 4.79 Å². The van der Waals surface area contributed by atoms with Crippen molar-refractivity contribution in [2.45, 2.75) is 42.9 Å². The average Bonchev–Trinajstić information content (AvgIpc) is 3.34. The molecule has 8 nitrogen and oxygen atoms in total. The predicted octanol–water partition coefficient (Wildman–Crippen LogP) is 2.10. The fraction of sp³-hybridized carbons (Fsp3) is 0.375. The predicted molar refractivity (Wildman–Crippen MR) is 114 cm³/mol. The molecule has 166 valence electrons. The number of aliphatic hydroxyl groups is 1. The van der Waals surface area contributed by atoms with Crippen LogP contribution in [0.3, 0.4) is 0 Å². The van der Waals surface area contributed by atoms with Gasteiger partial charge in [-0.2, -0.15) is 0 Å². The standard InChI is InChI=1S/C24H24N2O6/c27-14-11-20(21(28)29)26(12-14)22(30)24(9-10-24)25-23(31)32-13-19-17-7-3-1-5-15(17)16-6-2-4-8-18(16)19/h1-8,14,19-20,27H,9-13H2,(H,25,31)(H,28,29). The highest BCUT2D eigenvalue weighted by atomic mass is 16.5. The van der Waals surface area contributed by atoms with Crippen LogP contribution in [0.25, 0.3) is 11.1 Å². The van der Waals surface area contributed by atoms with E-state index in [1.54, 1.807) is 0 Å². The topological polar surface area (TPSA) is 116 Å². The molecule has 2 fully saturated rings. The molecule has 0 spiro atoms. The summed E-state index contributed by atoms with van der Waals surface area (Å²) in [5.74, 6) is -1.73. The third-order valence-corrected chi connectivity index (χ3v) is 6.67. The number of alkyl carbamates (subject to hydrolysis) is 1. The molecule has 2 atom stereocenters. The lowest BCUT2D eigenvalue weighted by Crippen LogP contribution is -2.53. The van der Waals surface area contributed by atoms with Crippen LogP contribution in [0.1, 0.15) is 36.3 Å². The number of amides is 2. The highest BCUT2D eigenvalue weighted by Gasteiger charge is 2.56. The summed E-state index contributed by atoms with van der Waals surface area (Å²) in [6.07, 6.45) is -0.777. The van der Waals surface area contributed by atoms with Gasteiger partial charge in [0.25, 0.3) is 0 Å². The van der Waals surface area contributed by atoms with Crippen LogP contribution in [0.5, 0.6) is 0 Å². The Hall–Kier alpha value is -3.39. The number of carbonyl (C=O) groups is 3. The van der Waals surface area contributed by atoms with Crippen molar-refractivity contribution in [2.75, 3.05) is 13.2 Å². The van der Waals surface area contributed by atoms with Crippen molar-refractivity contribution < 1.29 is 29.3 Å². The van der Waals surface area contributed by atoms with E-state index < -0.39 is 35.7 Å². The van der Waals surface area contributed by atoms with Crippen molar-refractivity contribution >= 4 is 18.0 Å². The second-order valence-corrected chi connectivity index (χ2v) is 8.73. The molecule has 0 bridgehead atoms. The minimum absolute atomic E-state index is 0.0118. The Morgan fingerprint density at radius 1 is 1.03 bits per heavy atom. The lowest BCUT2D eigenvalue weighted by molar-refractivity contribution is -0.149. The van der Waals surface area contributed by atoms with Crippen molar-refractivity contribution in [1.29, 1.82) is 0 Å². The maximum absolute atomic E-state index is 13.0. The number of carbonyl (C=O) groups excluding carboxylic acids is 2. The molecule has 3 N–H and O–H groups in total. The van der Waals surface area contributed by atoms with Crippen molar-refractivity contribution in [3.8, 4) is 11.1 Å². The first-order valence-electron chi connectivity index (χ1n) is 10.7. The average molecular weight is 436 g/mol. The highest BCUT2D eigenvalue weighted by molar-refractivity contribution is 5.95. The summed E-state index contributed by atoms with van der Waals surface area (Å²) in [7, 11) is 0. The summed E-state index contributed by atoms with van der Waals surface area (Å²) in [6.45, 7) is 0.0776. The molecule has 1 saturated carbocycles. The van der Waals surface area contributed by atoms with Gasteiger partial charge in [-0.05, 0) is 35.1 Å². The Morgan fingerprint density at radius 2 is 1.62 bits per heavy atom. The quantitative estimate of drug-likeness (QED) is 0.661. The molecule has 2 aliphatic carbocycles. The van der Waals surface area contributed by atoms with E-state index in [1.807, 2.05) is 36.4 Å². The number of β-amino-alcohol motifs (C(OH)–C–C–N with tert-alkyl or cyclic N) is 1. The van der Waals surface area contributed by atoms with Gasteiger partial charge in [0, 0.05) is 18.9 Å². The minimum atomic E-state index is -1.16.